The molecule has 0 heterocycles. The summed E-state index contributed by atoms with van der Waals surface area (Å²) in [5.74, 6) is 0.653. The molecule has 104 valence electrons. The van der Waals surface area contributed by atoms with Crippen LogP contribution in [-0.4, -0.2) is 19.4 Å². The zero-order valence-corrected chi connectivity index (χ0v) is 11.0. The van der Waals surface area contributed by atoms with E-state index in [1.165, 1.54) is 31.7 Å². The van der Waals surface area contributed by atoms with Gasteiger partial charge < -0.3 is 14.8 Å². The molecule has 3 nitrogen and oxygen atoms in total. The van der Waals surface area contributed by atoms with Crippen molar-refractivity contribution in [3.8, 4) is 5.75 Å². The second-order valence-electron chi connectivity index (χ2n) is 5.50. The summed E-state index contributed by atoms with van der Waals surface area (Å²) < 4.78 is 24.4. The number of ether oxygens (including phenoxy) is 2. The van der Waals surface area contributed by atoms with Crippen molar-refractivity contribution in [3.63, 3.8) is 0 Å². The van der Waals surface area contributed by atoms with Crippen LogP contribution in [0.1, 0.15) is 31.2 Å². The van der Waals surface area contributed by atoms with Gasteiger partial charge in [-0.15, -0.1) is 0 Å². The highest BCUT2D eigenvalue weighted by molar-refractivity contribution is 5.29. The van der Waals surface area contributed by atoms with Gasteiger partial charge in [-0.25, -0.2) is 4.39 Å². The Morgan fingerprint density at radius 2 is 2.05 bits per heavy atom. The minimum absolute atomic E-state index is 0.132. The van der Waals surface area contributed by atoms with Crippen LogP contribution in [0.3, 0.4) is 0 Å². The Morgan fingerprint density at radius 3 is 2.74 bits per heavy atom. The van der Waals surface area contributed by atoms with E-state index >= 15 is 0 Å². The maximum absolute atomic E-state index is 13.8. The molecule has 0 aliphatic heterocycles. The number of benzene rings is 1. The van der Waals surface area contributed by atoms with Gasteiger partial charge in [-0.1, -0.05) is 6.07 Å². The van der Waals surface area contributed by atoms with Crippen LogP contribution < -0.4 is 10.1 Å². The molecule has 2 aliphatic carbocycles. The molecule has 2 fully saturated rings. The van der Waals surface area contributed by atoms with E-state index in [-0.39, 0.29) is 18.4 Å². The van der Waals surface area contributed by atoms with Gasteiger partial charge in [0.05, 0.1) is 6.61 Å². The zero-order chi connectivity index (χ0) is 13.1. The quantitative estimate of drug-likeness (QED) is 0.579. The van der Waals surface area contributed by atoms with Crippen LogP contribution in [0.15, 0.2) is 18.2 Å². The number of hydrogen-bond acceptors (Lipinski definition) is 3. The molecule has 0 saturated heterocycles. The number of nitrogens with one attached hydrogen (secondary N) is 1. The monoisotopic (exact) mass is 265 g/mol. The third-order valence-corrected chi connectivity index (χ3v) is 3.52. The minimum Gasteiger partial charge on any atom is -0.464 e. The Kier molecular flexibility index (Phi) is 3.99. The molecule has 0 atom stereocenters. The molecule has 0 bridgehead atoms. The third-order valence-electron chi connectivity index (χ3n) is 3.52. The Hall–Kier alpha value is -1.13. The molecular weight excluding hydrogens is 245 g/mol. The molecule has 0 amide bonds. The van der Waals surface area contributed by atoms with E-state index in [1.807, 2.05) is 6.07 Å². The predicted molar refractivity (Wildman–Crippen MR) is 70.4 cm³/mol. The van der Waals surface area contributed by atoms with Crippen molar-refractivity contribution in [1.82, 2.24) is 5.32 Å². The second kappa shape index (κ2) is 5.88. The lowest BCUT2D eigenvalue weighted by atomic mass is 10.2. The maximum Gasteiger partial charge on any atom is 0.189 e. The van der Waals surface area contributed by atoms with Gasteiger partial charge in [0.15, 0.2) is 18.4 Å². The second-order valence-corrected chi connectivity index (χ2v) is 5.50. The van der Waals surface area contributed by atoms with Crippen molar-refractivity contribution in [2.45, 2.75) is 38.3 Å². The van der Waals surface area contributed by atoms with Crippen molar-refractivity contribution < 1.29 is 13.9 Å². The first-order valence-electron chi connectivity index (χ1n) is 7.03. The van der Waals surface area contributed by atoms with Crippen molar-refractivity contribution in [3.05, 3.63) is 29.6 Å². The van der Waals surface area contributed by atoms with E-state index < -0.39 is 0 Å². The predicted octanol–water partition coefficient (Wildman–Crippen LogP) is 2.84. The topological polar surface area (TPSA) is 30.5 Å². The molecule has 2 aliphatic rings. The minimum atomic E-state index is -0.315. The smallest absolute Gasteiger partial charge is 0.189 e. The molecule has 1 aromatic rings. The lowest BCUT2D eigenvalue weighted by Gasteiger charge is -2.09. The first-order valence-corrected chi connectivity index (χ1v) is 7.03. The van der Waals surface area contributed by atoms with Crippen LogP contribution in [0.5, 0.6) is 5.75 Å². The standard InChI is InChI=1S/C15H20FNO2/c16-14-7-12(8-17-13-4-5-13)3-6-15(14)19-10-18-9-11-1-2-11/h3,6-7,11,13,17H,1-2,4-5,8-10H2. The van der Waals surface area contributed by atoms with Crippen LogP contribution in [0.25, 0.3) is 0 Å². The molecule has 1 aromatic carbocycles. The highest BCUT2D eigenvalue weighted by atomic mass is 19.1. The van der Waals surface area contributed by atoms with E-state index in [1.54, 1.807) is 6.07 Å². The van der Waals surface area contributed by atoms with Crippen LogP contribution in [-0.2, 0) is 11.3 Å². The number of rotatable bonds is 8. The summed E-state index contributed by atoms with van der Waals surface area (Å²) in [5, 5.41) is 3.36. The van der Waals surface area contributed by atoms with Crippen molar-refractivity contribution >= 4 is 0 Å². The number of hydrogen-bond donors (Lipinski definition) is 1. The summed E-state index contributed by atoms with van der Waals surface area (Å²) in [6.45, 7) is 1.58. The van der Waals surface area contributed by atoms with Crippen LogP contribution in [0, 0.1) is 11.7 Å². The van der Waals surface area contributed by atoms with E-state index in [2.05, 4.69) is 5.32 Å². The zero-order valence-electron chi connectivity index (χ0n) is 11.0. The fourth-order valence-electron chi connectivity index (χ4n) is 1.93. The molecule has 0 aromatic heterocycles. The highest BCUT2D eigenvalue weighted by Gasteiger charge is 2.21. The number of halogens is 1. The van der Waals surface area contributed by atoms with E-state index in [9.17, 15) is 4.39 Å². The Balaban J connectivity index is 1.43. The maximum atomic E-state index is 13.8. The van der Waals surface area contributed by atoms with E-state index in [4.69, 9.17) is 9.47 Å². The molecule has 1 N–H and O–H groups in total. The summed E-state index contributed by atoms with van der Waals surface area (Å²) in [4.78, 5) is 0. The lowest BCUT2D eigenvalue weighted by Crippen LogP contribution is -2.15. The first kappa shape index (κ1) is 12.9. The average Bonchev–Trinajstić information content (AvgIpc) is 3.27. The van der Waals surface area contributed by atoms with Crippen LogP contribution in [0.4, 0.5) is 4.39 Å². The first-order chi connectivity index (χ1) is 9.31. The largest absolute Gasteiger partial charge is 0.464 e. The van der Waals surface area contributed by atoms with Gasteiger partial charge in [-0.2, -0.15) is 0 Å². The van der Waals surface area contributed by atoms with Crippen molar-refractivity contribution in [2.75, 3.05) is 13.4 Å². The summed E-state index contributed by atoms with van der Waals surface area (Å²) in [7, 11) is 0. The van der Waals surface area contributed by atoms with Gasteiger partial charge in [-0.3, -0.25) is 0 Å². The van der Waals surface area contributed by atoms with Gasteiger partial charge in [-0.05, 0) is 49.3 Å². The molecule has 0 unspecified atom stereocenters. The average molecular weight is 265 g/mol. The van der Waals surface area contributed by atoms with Gasteiger partial charge >= 0.3 is 0 Å². The van der Waals surface area contributed by atoms with Gasteiger partial charge in [0.25, 0.3) is 0 Å². The molecule has 0 radical (unpaired) electrons. The molecule has 2 saturated carbocycles. The summed E-state index contributed by atoms with van der Waals surface area (Å²) >= 11 is 0. The summed E-state index contributed by atoms with van der Waals surface area (Å²) in [6.07, 6.45) is 4.97. The normalized spacial score (nSPS) is 18.6. The van der Waals surface area contributed by atoms with Crippen LogP contribution in [0.2, 0.25) is 0 Å². The van der Waals surface area contributed by atoms with Gasteiger partial charge in [0, 0.05) is 12.6 Å². The van der Waals surface area contributed by atoms with Crippen molar-refractivity contribution in [1.29, 1.82) is 0 Å². The fourth-order valence-corrected chi connectivity index (χ4v) is 1.93. The molecule has 19 heavy (non-hydrogen) atoms. The third kappa shape index (κ3) is 4.18. The Bertz CT molecular complexity index is 430. The molecule has 3 rings (SSSR count). The highest BCUT2D eigenvalue weighted by Crippen LogP contribution is 2.28. The van der Waals surface area contributed by atoms with Gasteiger partial charge in [0.1, 0.15) is 0 Å². The molecular formula is C15H20FNO2. The SMILES string of the molecule is Fc1cc(CNC2CC2)ccc1OCOCC1CC1. The van der Waals surface area contributed by atoms with Gasteiger partial charge in [0.2, 0.25) is 0 Å². The van der Waals surface area contributed by atoms with E-state index in [0.29, 0.717) is 12.0 Å². The van der Waals surface area contributed by atoms with Crippen LogP contribution >= 0.6 is 0 Å². The van der Waals surface area contributed by atoms with Crippen molar-refractivity contribution in [2.24, 2.45) is 5.92 Å². The molecule has 4 heteroatoms. The lowest BCUT2D eigenvalue weighted by molar-refractivity contribution is 0.00791. The Morgan fingerprint density at radius 1 is 1.21 bits per heavy atom. The van der Waals surface area contributed by atoms with E-state index in [0.717, 1.165) is 18.7 Å². The summed E-state index contributed by atoms with van der Waals surface area (Å²) in [6, 6.07) is 5.75. The fraction of sp³-hybridized carbons (Fsp3) is 0.600. The summed E-state index contributed by atoms with van der Waals surface area (Å²) in [5.41, 5.74) is 0.954. The molecule has 0 spiro atoms. The Labute approximate surface area is 113 Å².